The van der Waals surface area contributed by atoms with Crippen molar-refractivity contribution in [3.8, 4) is 11.5 Å². The molecule has 0 spiro atoms. The molecule has 1 aromatic rings. The monoisotopic (exact) mass is 183 g/mol. The fourth-order valence-electron chi connectivity index (χ4n) is 1.19. The van der Waals surface area contributed by atoms with E-state index in [1.807, 2.05) is 12.4 Å². The molecule has 3 N–H and O–H groups in total. The first-order valence-electron chi connectivity index (χ1n) is 3.92. The van der Waals surface area contributed by atoms with Crippen LogP contribution in [0.2, 0.25) is 0 Å². The van der Waals surface area contributed by atoms with Crippen molar-refractivity contribution in [3.63, 3.8) is 0 Å². The summed E-state index contributed by atoms with van der Waals surface area (Å²) < 4.78 is 4.95. The van der Waals surface area contributed by atoms with E-state index in [1.54, 1.807) is 12.1 Å². The second-order valence-electron chi connectivity index (χ2n) is 2.81. The fourth-order valence-corrected chi connectivity index (χ4v) is 1.19. The minimum atomic E-state index is 0.0645. The zero-order chi connectivity index (χ0) is 9.84. The molecular weight excluding hydrogens is 170 g/mol. The van der Waals surface area contributed by atoms with Gasteiger partial charge in [-0.2, -0.15) is 0 Å². The quantitative estimate of drug-likeness (QED) is 0.616. The van der Waals surface area contributed by atoms with Crippen molar-refractivity contribution in [1.29, 1.82) is 0 Å². The summed E-state index contributed by atoms with van der Waals surface area (Å²) in [5, 5.41) is 18.1. The molecule has 1 aromatic carbocycles. The molecule has 0 amide bonds. The van der Waals surface area contributed by atoms with E-state index in [-0.39, 0.29) is 12.3 Å². The van der Waals surface area contributed by atoms with Gasteiger partial charge >= 0.3 is 0 Å². The number of ether oxygens (including phenoxy) is 1. The molecule has 0 saturated heterocycles. The van der Waals surface area contributed by atoms with Crippen molar-refractivity contribution >= 4 is 0 Å². The second kappa shape index (κ2) is 4.11. The first kappa shape index (κ1) is 9.83. The summed E-state index contributed by atoms with van der Waals surface area (Å²) in [6.45, 7) is 2.09. The molecule has 0 radical (unpaired) electrons. The Kier molecular flexibility index (Phi) is 3.11. The Hall–Kier alpha value is -1.26. The highest BCUT2D eigenvalue weighted by atomic mass is 16.5. The Morgan fingerprint density at radius 2 is 2.15 bits per heavy atom. The van der Waals surface area contributed by atoms with Gasteiger partial charge in [-0.1, -0.05) is 6.07 Å². The molecule has 0 unspecified atom stereocenters. The van der Waals surface area contributed by atoms with E-state index in [4.69, 9.17) is 9.94 Å². The standard InChI is InChI=1S/C9H13NO3/c1-6-3-7(5-10-12)9(11)8(4-6)13-2/h3-4,10-12H,5H2,1-2H3. The summed E-state index contributed by atoms with van der Waals surface area (Å²) in [6, 6.07) is 3.51. The zero-order valence-corrected chi connectivity index (χ0v) is 7.66. The molecule has 1 rings (SSSR count). The Morgan fingerprint density at radius 1 is 1.46 bits per heavy atom. The van der Waals surface area contributed by atoms with Crippen LogP contribution < -0.4 is 10.2 Å². The number of aryl methyl sites for hydroxylation is 1. The first-order chi connectivity index (χ1) is 6.19. The molecular formula is C9H13NO3. The van der Waals surface area contributed by atoms with Gasteiger partial charge in [-0.15, -0.1) is 0 Å². The molecule has 4 heteroatoms. The van der Waals surface area contributed by atoms with Crippen LogP contribution in [0, 0.1) is 6.92 Å². The summed E-state index contributed by atoms with van der Waals surface area (Å²) in [5.41, 5.74) is 3.57. The predicted octanol–water partition coefficient (Wildman–Crippen LogP) is 1.19. The van der Waals surface area contributed by atoms with E-state index in [0.29, 0.717) is 11.3 Å². The van der Waals surface area contributed by atoms with Gasteiger partial charge < -0.3 is 15.1 Å². The second-order valence-corrected chi connectivity index (χ2v) is 2.81. The lowest BCUT2D eigenvalue weighted by molar-refractivity contribution is 0.160. The van der Waals surface area contributed by atoms with Gasteiger partial charge in [0.05, 0.1) is 7.11 Å². The molecule has 13 heavy (non-hydrogen) atoms. The average Bonchev–Trinajstić information content (AvgIpc) is 2.11. The van der Waals surface area contributed by atoms with Crippen molar-refractivity contribution in [3.05, 3.63) is 23.3 Å². The molecule has 0 aliphatic heterocycles. The van der Waals surface area contributed by atoms with Crippen molar-refractivity contribution in [1.82, 2.24) is 5.48 Å². The highest BCUT2D eigenvalue weighted by Crippen LogP contribution is 2.30. The molecule has 72 valence electrons. The largest absolute Gasteiger partial charge is 0.504 e. The minimum Gasteiger partial charge on any atom is -0.504 e. The molecule has 0 saturated carbocycles. The summed E-state index contributed by atoms with van der Waals surface area (Å²) >= 11 is 0. The van der Waals surface area contributed by atoms with Gasteiger partial charge in [0.15, 0.2) is 11.5 Å². The van der Waals surface area contributed by atoms with Crippen molar-refractivity contribution in [2.75, 3.05) is 7.11 Å². The van der Waals surface area contributed by atoms with Crippen molar-refractivity contribution in [2.24, 2.45) is 0 Å². The number of benzene rings is 1. The maximum atomic E-state index is 9.57. The number of hydrogen-bond donors (Lipinski definition) is 3. The lowest BCUT2D eigenvalue weighted by Crippen LogP contribution is -2.06. The van der Waals surface area contributed by atoms with Gasteiger partial charge in [0, 0.05) is 12.1 Å². The average molecular weight is 183 g/mol. The van der Waals surface area contributed by atoms with Crippen LogP contribution in [0.1, 0.15) is 11.1 Å². The minimum absolute atomic E-state index is 0.0645. The third kappa shape index (κ3) is 2.11. The van der Waals surface area contributed by atoms with E-state index in [1.165, 1.54) is 7.11 Å². The molecule has 0 aliphatic carbocycles. The summed E-state index contributed by atoms with van der Waals surface area (Å²) in [5.74, 6) is 0.486. The number of nitrogens with one attached hydrogen (secondary N) is 1. The predicted molar refractivity (Wildman–Crippen MR) is 48.0 cm³/mol. The number of hydrogen-bond acceptors (Lipinski definition) is 4. The Labute approximate surface area is 76.7 Å². The SMILES string of the molecule is COc1cc(C)cc(CNO)c1O. The molecule has 0 heterocycles. The third-order valence-corrected chi connectivity index (χ3v) is 1.79. The summed E-state index contributed by atoms with van der Waals surface area (Å²) in [6.07, 6.45) is 0. The van der Waals surface area contributed by atoms with Crippen molar-refractivity contribution < 1.29 is 15.1 Å². The Bertz CT molecular complexity index is 299. The molecule has 0 bridgehead atoms. The van der Waals surface area contributed by atoms with E-state index < -0.39 is 0 Å². The lowest BCUT2D eigenvalue weighted by Gasteiger charge is -2.09. The van der Waals surface area contributed by atoms with Crippen LogP contribution in [0.5, 0.6) is 11.5 Å². The maximum absolute atomic E-state index is 9.57. The molecule has 4 nitrogen and oxygen atoms in total. The van der Waals surface area contributed by atoms with Gasteiger partial charge in [-0.25, -0.2) is 5.48 Å². The number of hydroxylamine groups is 1. The number of aromatic hydroxyl groups is 1. The zero-order valence-electron chi connectivity index (χ0n) is 7.66. The lowest BCUT2D eigenvalue weighted by atomic mass is 10.1. The normalized spacial score (nSPS) is 10.1. The van der Waals surface area contributed by atoms with Crippen LogP contribution in [-0.2, 0) is 6.54 Å². The Balaban J connectivity index is 3.11. The van der Waals surface area contributed by atoms with Crippen LogP contribution in [-0.4, -0.2) is 17.4 Å². The van der Waals surface area contributed by atoms with Crippen LogP contribution in [0.15, 0.2) is 12.1 Å². The van der Waals surface area contributed by atoms with Gasteiger partial charge in [0.25, 0.3) is 0 Å². The molecule has 0 aliphatic rings. The Morgan fingerprint density at radius 3 is 2.69 bits per heavy atom. The topological polar surface area (TPSA) is 61.7 Å². The summed E-state index contributed by atoms with van der Waals surface area (Å²) in [7, 11) is 1.49. The van der Waals surface area contributed by atoms with E-state index in [2.05, 4.69) is 0 Å². The van der Waals surface area contributed by atoms with E-state index in [9.17, 15) is 5.11 Å². The van der Waals surface area contributed by atoms with Crippen LogP contribution in [0.4, 0.5) is 0 Å². The maximum Gasteiger partial charge on any atom is 0.162 e. The smallest absolute Gasteiger partial charge is 0.162 e. The number of methoxy groups -OCH3 is 1. The number of phenolic OH excluding ortho intramolecular Hbond substituents is 1. The number of rotatable bonds is 3. The van der Waals surface area contributed by atoms with Crippen LogP contribution >= 0.6 is 0 Å². The van der Waals surface area contributed by atoms with Gasteiger partial charge in [-0.3, -0.25) is 0 Å². The van der Waals surface area contributed by atoms with Crippen LogP contribution in [0.25, 0.3) is 0 Å². The highest BCUT2D eigenvalue weighted by Gasteiger charge is 2.07. The van der Waals surface area contributed by atoms with Gasteiger partial charge in [-0.05, 0) is 18.6 Å². The van der Waals surface area contributed by atoms with Crippen molar-refractivity contribution in [2.45, 2.75) is 13.5 Å². The van der Waals surface area contributed by atoms with E-state index >= 15 is 0 Å². The number of phenols is 1. The molecule has 0 aromatic heterocycles. The highest BCUT2D eigenvalue weighted by molar-refractivity contribution is 5.48. The molecule has 0 fully saturated rings. The fraction of sp³-hybridized carbons (Fsp3) is 0.333. The summed E-state index contributed by atoms with van der Waals surface area (Å²) in [4.78, 5) is 0. The first-order valence-corrected chi connectivity index (χ1v) is 3.92. The van der Waals surface area contributed by atoms with Crippen LogP contribution in [0.3, 0.4) is 0 Å². The van der Waals surface area contributed by atoms with Gasteiger partial charge in [0.2, 0.25) is 0 Å². The van der Waals surface area contributed by atoms with E-state index in [0.717, 1.165) is 5.56 Å². The third-order valence-electron chi connectivity index (χ3n) is 1.79. The molecule has 0 atom stereocenters. The van der Waals surface area contributed by atoms with Gasteiger partial charge in [0.1, 0.15) is 0 Å².